The number of aromatic nitrogens is 2. The van der Waals surface area contributed by atoms with E-state index in [4.69, 9.17) is 10.5 Å². The Balaban J connectivity index is 1.85. The highest BCUT2D eigenvalue weighted by molar-refractivity contribution is 7.11. The number of nitrogens with two attached hydrogens (primary N) is 1. The van der Waals surface area contributed by atoms with E-state index >= 15 is 0 Å². The zero-order chi connectivity index (χ0) is 13.5. The van der Waals surface area contributed by atoms with Crippen LogP contribution in [0.4, 0.5) is 0 Å². The summed E-state index contributed by atoms with van der Waals surface area (Å²) in [5.74, 6) is 0.892. The van der Waals surface area contributed by atoms with Crippen molar-refractivity contribution in [2.75, 3.05) is 13.7 Å². The molecule has 0 aliphatic carbocycles. The first kappa shape index (κ1) is 14.0. The number of rotatable bonds is 7. The van der Waals surface area contributed by atoms with Gasteiger partial charge < -0.3 is 10.5 Å². The molecule has 0 spiro atoms. The van der Waals surface area contributed by atoms with Gasteiger partial charge in [0.15, 0.2) is 0 Å². The largest absolute Gasteiger partial charge is 0.497 e. The van der Waals surface area contributed by atoms with Crippen molar-refractivity contribution in [3.05, 3.63) is 39.8 Å². The first-order valence-electron chi connectivity index (χ1n) is 6.46. The Morgan fingerprint density at radius 1 is 1.05 bits per heavy atom. The molecular formula is C14H19N3OS. The molecule has 0 unspecified atom stereocenters. The maximum absolute atomic E-state index is 5.49. The number of aryl methyl sites for hydroxylation is 3. The first-order chi connectivity index (χ1) is 9.31. The lowest BCUT2D eigenvalue weighted by Crippen LogP contribution is -1.99. The van der Waals surface area contributed by atoms with E-state index in [-0.39, 0.29) is 0 Å². The van der Waals surface area contributed by atoms with Crippen LogP contribution in [0.25, 0.3) is 0 Å². The van der Waals surface area contributed by atoms with E-state index in [2.05, 4.69) is 22.3 Å². The summed E-state index contributed by atoms with van der Waals surface area (Å²) in [6.45, 7) is 0.709. The number of ether oxygens (including phenoxy) is 1. The predicted octanol–water partition coefficient (Wildman–Crippen LogP) is 2.22. The SMILES string of the molecule is COc1ccc(CCc2nnc(CCCN)s2)cc1. The maximum atomic E-state index is 5.49. The van der Waals surface area contributed by atoms with Crippen LogP contribution >= 0.6 is 11.3 Å². The predicted molar refractivity (Wildman–Crippen MR) is 77.7 cm³/mol. The van der Waals surface area contributed by atoms with Gasteiger partial charge in [-0.15, -0.1) is 21.5 Å². The molecule has 0 amide bonds. The summed E-state index contributed by atoms with van der Waals surface area (Å²) in [4.78, 5) is 0. The van der Waals surface area contributed by atoms with Crippen LogP contribution in [0.15, 0.2) is 24.3 Å². The fourth-order valence-corrected chi connectivity index (χ4v) is 2.67. The third kappa shape index (κ3) is 4.29. The van der Waals surface area contributed by atoms with Crippen LogP contribution in [0.3, 0.4) is 0 Å². The Kier molecular flexibility index (Phi) is 5.30. The summed E-state index contributed by atoms with van der Waals surface area (Å²) in [5, 5.41) is 10.6. The molecule has 4 nitrogen and oxygen atoms in total. The van der Waals surface area contributed by atoms with E-state index in [0.29, 0.717) is 6.54 Å². The van der Waals surface area contributed by atoms with Crippen molar-refractivity contribution < 1.29 is 4.74 Å². The third-order valence-corrected chi connectivity index (χ3v) is 3.93. The van der Waals surface area contributed by atoms with Gasteiger partial charge >= 0.3 is 0 Å². The van der Waals surface area contributed by atoms with E-state index in [1.54, 1.807) is 18.4 Å². The smallest absolute Gasteiger partial charge is 0.118 e. The number of hydrogen-bond acceptors (Lipinski definition) is 5. The summed E-state index contributed by atoms with van der Waals surface area (Å²) < 4.78 is 5.14. The molecule has 1 heterocycles. The van der Waals surface area contributed by atoms with Crippen molar-refractivity contribution in [3.63, 3.8) is 0 Å². The van der Waals surface area contributed by atoms with Gasteiger partial charge in [-0.05, 0) is 37.1 Å². The molecule has 0 aliphatic heterocycles. The molecule has 0 saturated heterocycles. The highest BCUT2D eigenvalue weighted by Crippen LogP contribution is 2.16. The molecule has 2 aromatic rings. The second-order valence-electron chi connectivity index (χ2n) is 4.33. The van der Waals surface area contributed by atoms with Crippen LogP contribution in [-0.4, -0.2) is 23.9 Å². The quantitative estimate of drug-likeness (QED) is 0.843. The van der Waals surface area contributed by atoms with Crippen LogP contribution in [0.2, 0.25) is 0 Å². The highest BCUT2D eigenvalue weighted by atomic mass is 32.1. The van der Waals surface area contributed by atoms with Gasteiger partial charge in [0.2, 0.25) is 0 Å². The van der Waals surface area contributed by atoms with E-state index in [0.717, 1.165) is 41.4 Å². The molecule has 0 bridgehead atoms. The molecule has 0 aliphatic rings. The van der Waals surface area contributed by atoms with Crippen molar-refractivity contribution in [2.45, 2.75) is 25.7 Å². The van der Waals surface area contributed by atoms with Gasteiger partial charge in [-0.1, -0.05) is 12.1 Å². The van der Waals surface area contributed by atoms with E-state index in [9.17, 15) is 0 Å². The van der Waals surface area contributed by atoms with Crippen LogP contribution in [0.1, 0.15) is 22.0 Å². The maximum Gasteiger partial charge on any atom is 0.118 e. The molecule has 2 N–H and O–H groups in total. The van der Waals surface area contributed by atoms with Gasteiger partial charge in [-0.25, -0.2) is 0 Å². The molecule has 102 valence electrons. The van der Waals surface area contributed by atoms with Gasteiger partial charge in [0.05, 0.1) is 7.11 Å². The van der Waals surface area contributed by atoms with Crippen LogP contribution in [-0.2, 0) is 19.3 Å². The molecule has 0 saturated carbocycles. The number of nitrogens with zero attached hydrogens (tertiary/aromatic N) is 2. The zero-order valence-electron chi connectivity index (χ0n) is 11.1. The van der Waals surface area contributed by atoms with Gasteiger partial charge in [0.1, 0.15) is 15.8 Å². The average molecular weight is 277 g/mol. The topological polar surface area (TPSA) is 61.0 Å². The highest BCUT2D eigenvalue weighted by Gasteiger charge is 2.04. The third-order valence-electron chi connectivity index (χ3n) is 2.89. The molecule has 19 heavy (non-hydrogen) atoms. The zero-order valence-corrected chi connectivity index (χ0v) is 11.9. The van der Waals surface area contributed by atoms with Crippen molar-refractivity contribution in [2.24, 2.45) is 5.73 Å². The monoisotopic (exact) mass is 277 g/mol. The molecule has 5 heteroatoms. The summed E-state index contributed by atoms with van der Waals surface area (Å²) in [5.41, 5.74) is 6.78. The minimum atomic E-state index is 0.709. The van der Waals surface area contributed by atoms with Gasteiger partial charge in [-0.3, -0.25) is 0 Å². The molecule has 1 aromatic carbocycles. The first-order valence-corrected chi connectivity index (χ1v) is 7.27. The Morgan fingerprint density at radius 3 is 2.37 bits per heavy atom. The fourth-order valence-electron chi connectivity index (χ4n) is 1.79. The number of benzene rings is 1. The Morgan fingerprint density at radius 2 is 1.74 bits per heavy atom. The lowest BCUT2D eigenvalue weighted by molar-refractivity contribution is 0.414. The molecule has 0 radical (unpaired) electrons. The lowest BCUT2D eigenvalue weighted by Gasteiger charge is -2.01. The molecule has 0 atom stereocenters. The minimum Gasteiger partial charge on any atom is -0.497 e. The summed E-state index contributed by atoms with van der Waals surface area (Å²) in [7, 11) is 1.68. The van der Waals surface area contributed by atoms with Crippen LogP contribution in [0, 0.1) is 0 Å². The van der Waals surface area contributed by atoms with E-state index < -0.39 is 0 Å². The molecule has 1 aromatic heterocycles. The Hall–Kier alpha value is -1.46. The van der Waals surface area contributed by atoms with Crippen molar-refractivity contribution in [1.82, 2.24) is 10.2 Å². The van der Waals surface area contributed by atoms with E-state index in [1.165, 1.54) is 5.56 Å². The van der Waals surface area contributed by atoms with Crippen molar-refractivity contribution in [1.29, 1.82) is 0 Å². The lowest BCUT2D eigenvalue weighted by atomic mass is 10.1. The van der Waals surface area contributed by atoms with Crippen molar-refractivity contribution >= 4 is 11.3 Å². The van der Waals surface area contributed by atoms with Gasteiger partial charge in [-0.2, -0.15) is 0 Å². The second kappa shape index (κ2) is 7.21. The summed E-state index contributed by atoms with van der Waals surface area (Å²) >= 11 is 1.70. The van der Waals surface area contributed by atoms with Gasteiger partial charge in [0.25, 0.3) is 0 Å². The van der Waals surface area contributed by atoms with Crippen molar-refractivity contribution in [3.8, 4) is 5.75 Å². The number of methoxy groups -OCH3 is 1. The van der Waals surface area contributed by atoms with E-state index in [1.807, 2.05) is 12.1 Å². The Bertz CT molecular complexity index is 496. The molecule has 0 fully saturated rings. The average Bonchev–Trinajstić information content (AvgIpc) is 2.91. The standard InChI is InChI=1S/C14H19N3OS/c1-18-12-7-4-11(5-8-12)6-9-14-17-16-13(19-14)3-2-10-15/h4-5,7-8H,2-3,6,9-10,15H2,1H3. The summed E-state index contributed by atoms with van der Waals surface area (Å²) in [6.07, 6.45) is 3.84. The normalized spacial score (nSPS) is 10.6. The van der Waals surface area contributed by atoms with Gasteiger partial charge in [0, 0.05) is 12.8 Å². The van der Waals surface area contributed by atoms with Crippen LogP contribution < -0.4 is 10.5 Å². The molecular weight excluding hydrogens is 258 g/mol. The fraction of sp³-hybridized carbons (Fsp3) is 0.429. The molecule has 2 rings (SSSR count). The van der Waals surface area contributed by atoms with Crippen LogP contribution in [0.5, 0.6) is 5.75 Å². The summed E-state index contributed by atoms with van der Waals surface area (Å²) in [6, 6.07) is 8.16. The second-order valence-corrected chi connectivity index (χ2v) is 5.48. The Labute approximate surface area is 117 Å². The number of hydrogen-bond donors (Lipinski definition) is 1. The minimum absolute atomic E-state index is 0.709.